The van der Waals surface area contributed by atoms with Gasteiger partial charge in [0, 0.05) is 12.4 Å². The van der Waals surface area contributed by atoms with Crippen LogP contribution in [-0.2, 0) is 10.3 Å². The Hall–Kier alpha value is -2.30. The molecule has 0 spiro atoms. The molecule has 0 amide bonds. The Balaban J connectivity index is 2.13. The fourth-order valence-corrected chi connectivity index (χ4v) is 2.71. The van der Waals surface area contributed by atoms with Gasteiger partial charge < -0.3 is 20.7 Å². The smallest absolute Gasteiger partial charge is 0.351 e. The molecule has 1 fully saturated rings. The van der Waals surface area contributed by atoms with Crippen molar-refractivity contribution in [2.45, 2.75) is 30.9 Å². The summed E-state index contributed by atoms with van der Waals surface area (Å²) in [6.07, 6.45) is 1.52. The van der Waals surface area contributed by atoms with Gasteiger partial charge in [-0.15, -0.1) is 5.10 Å². The van der Waals surface area contributed by atoms with Crippen molar-refractivity contribution >= 4 is 5.82 Å². The van der Waals surface area contributed by atoms with Crippen LogP contribution in [0.1, 0.15) is 13.2 Å². The Morgan fingerprint density at radius 1 is 1.50 bits per heavy atom. The normalized spacial score (nSPS) is 31.5. The topological polar surface area (TPSA) is 141 Å². The Morgan fingerprint density at radius 2 is 2.27 bits per heavy atom. The predicted molar refractivity (Wildman–Crippen MR) is 73.6 cm³/mol. The number of nitrogens with zero attached hydrogens (tertiary/aromatic N) is 5. The van der Waals surface area contributed by atoms with Gasteiger partial charge in [-0.1, -0.05) is 5.21 Å². The van der Waals surface area contributed by atoms with Crippen molar-refractivity contribution in [2.24, 2.45) is 0 Å². The Labute approximate surface area is 124 Å². The maximum Gasteiger partial charge on any atom is 0.351 e. The quantitative estimate of drug-likeness (QED) is 0.596. The molecule has 2 aromatic rings. The van der Waals surface area contributed by atoms with Gasteiger partial charge in [-0.05, 0) is 13.0 Å². The monoisotopic (exact) mass is 308 g/mol. The van der Waals surface area contributed by atoms with E-state index in [1.54, 1.807) is 13.1 Å². The molecule has 1 aliphatic heterocycles. The molecule has 10 heteroatoms. The van der Waals surface area contributed by atoms with E-state index in [2.05, 4.69) is 15.3 Å². The zero-order valence-electron chi connectivity index (χ0n) is 11.8. The summed E-state index contributed by atoms with van der Waals surface area (Å²) in [5, 5.41) is 27.5. The van der Waals surface area contributed by atoms with E-state index in [0.717, 1.165) is 0 Å². The summed E-state index contributed by atoms with van der Waals surface area (Å²) in [5.41, 5.74) is 3.72. The highest BCUT2D eigenvalue weighted by Gasteiger charge is 2.56. The first kappa shape index (κ1) is 14.6. The number of nitrogens with two attached hydrogens (primary N) is 1. The van der Waals surface area contributed by atoms with Crippen LogP contribution >= 0.6 is 0 Å². The van der Waals surface area contributed by atoms with Crippen molar-refractivity contribution in [1.29, 1.82) is 0 Å². The summed E-state index contributed by atoms with van der Waals surface area (Å²) in [5.74, 6) is 0.0842. The lowest BCUT2D eigenvalue weighted by Crippen LogP contribution is -2.48. The van der Waals surface area contributed by atoms with Gasteiger partial charge >= 0.3 is 5.69 Å². The number of anilines is 1. The van der Waals surface area contributed by atoms with Crippen molar-refractivity contribution in [3.8, 4) is 0 Å². The van der Waals surface area contributed by atoms with Gasteiger partial charge in [0.2, 0.25) is 0 Å². The first-order chi connectivity index (χ1) is 10.5. The largest absolute Gasteiger partial charge is 0.394 e. The molecule has 10 nitrogen and oxygen atoms in total. The third kappa shape index (κ3) is 2.00. The Bertz CT molecular complexity index is 717. The molecule has 4 atom stereocenters. The highest BCUT2D eigenvalue weighted by atomic mass is 16.5. The molecular weight excluding hydrogens is 292 g/mol. The van der Waals surface area contributed by atoms with E-state index >= 15 is 0 Å². The van der Waals surface area contributed by atoms with Crippen LogP contribution in [0.4, 0.5) is 5.82 Å². The molecule has 1 saturated heterocycles. The van der Waals surface area contributed by atoms with E-state index in [0.29, 0.717) is 0 Å². The summed E-state index contributed by atoms with van der Waals surface area (Å²) in [6.45, 7) is 1.26. The SMILES string of the molecule is C[C@@]1(n2ccnn2)[C@H](O)[C@@H](CO)O[C@@H]1n1ccc(N)nc1=O. The molecule has 1 aliphatic rings. The van der Waals surface area contributed by atoms with Crippen molar-refractivity contribution in [2.75, 3.05) is 12.3 Å². The molecule has 0 bridgehead atoms. The maximum absolute atomic E-state index is 12.1. The average molecular weight is 308 g/mol. The first-order valence-corrected chi connectivity index (χ1v) is 6.64. The lowest BCUT2D eigenvalue weighted by atomic mass is 9.92. The van der Waals surface area contributed by atoms with Crippen LogP contribution in [0.2, 0.25) is 0 Å². The van der Waals surface area contributed by atoms with E-state index in [1.807, 2.05) is 0 Å². The molecular formula is C12H16N6O4. The van der Waals surface area contributed by atoms with Crippen LogP contribution in [0.3, 0.4) is 0 Å². The minimum Gasteiger partial charge on any atom is -0.394 e. The second-order valence-electron chi connectivity index (χ2n) is 5.27. The zero-order valence-corrected chi connectivity index (χ0v) is 11.8. The van der Waals surface area contributed by atoms with E-state index < -0.39 is 36.3 Å². The van der Waals surface area contributed by atoms with Gasteiger partial charge in [-0.2, -0.15) is 4.98 Å². The predicted octanol–water partition coefficient (Wildman–Crippen LogP) is -1.92. The Kier molecular flexibility index (Phi) is 3.43. The van der Waals surface area contributed by atoms with E-state index in [1.165, 1.54) is 27.7 Å². The maximum atomic E-state index is 12.1. The number of hydrogen-bond donors (Lipinski definition) is 3. The lowest BCUT2D eigenvalue weighted by molar-refractivity contribution is -0.0545. The lowest BCUT2D eigenvalue weighted by Gasteiger charge is -2.32. The number of ether oxygens (including phenoxy) is 1. The van der Waals surface area contributed by atoms with Crippen LogP contribution in [0.5, 0.6) is 0 Å². The van der Waals surface area contributed by atoms with E-state index in [9.17, 15) is 15.0 Å². The number of aliphatic hydroxyl groups excluding tert-OH is 2. The fourth-order valence-electron chi connectivity index (χ4n) is 2.71. The van der Waals surface area contributed by atoms with Gasteiger partial charge in [0.25, 0.3) is 0 Å². The van der Waals surface area contributed by atoms with Crippen LogP contribution < -0.4 is 11.4 Å². The molecule has 0 aromatic carbocycles. The van der Waals surface area contributed by atoms with Gasteiger partial charge in [-0.3, -0.25) is 4.57 Å². The Morgan fingerprint density at radius 3 is 2.86 bits per heavy atom. The summed E-state index contributed by atoms with van der Waals surface area (Å²) in [6, 6.07) is 1.45. The molecule has 0 aliphatic carbocycles. The highest BCUT2D eigenvalue weighted by Crippen LogP contribution is 2.42. The number of nitrogen functional groups attached to an aromatic ring is 1. The summed E-state index contributed by atoms with van der Waals surface area (Å²) in [7, 11) is 0. The minimum atomic E-state index is -1.15. The van der Waals surface area contributed by atoms with Crippen molar-refractivity contribution in [3.63, 3.8) is 0 Å². The molecule has 2 aromatic heterocycles. The molecule has 0 radical (unpaired) electrons. The third-order valence-electron chi connectivity index (χ3n) is 3.95. The van der Waals surface area contributed by atoms with Gasteiger partial charge in [0.05, 0.1) is 12.8 Å². The molecule has 22 heavy (non-hydrogen) atoms. The van der Waals surface area contributed by atoms with Crippen LogP contribution in [0.25, 0.3) is 0 Å². The standard InChI is InChI=1S/C12H16N6O4/c1-12(18-5-3-14-16-18)9(20)7(6-19)22-10(12)17-4-2-8(13)15-11(17)21/h2-5,7,9-10,19-20H,6H2,1H3,(H2,13,15,21)/t7-,9-,10+,12-/m1/s1. The van der Waals surface area contributed by atoms with Crippen molar-refractivity contribution in [1.82, 2.24) is 24.5 Å². The van der Waals surface area contributed by atoms with E-state index in [-0.39, 0.29) is 5.82 Å². The van der Waals surface area contributed by atoms with Crippen LogP contribution in [0, 0.1) is 0 Å². The number of hydrogen-bond acceptors (Lipinski definition) is 8. The van der Waals surface area contributed by atoms with Crippen LogP contribution in [0.15, 0.2) is 29.5 Å². The number of aliphatic hydroxyl groups is 2. The zero-order chi connectivity index (χ0) is 15.9. The van der Waals surface area contributed by atoms with Crippen molar-refractivity contribution < 1.29 is 14.9 Å². The molecule has 0 unspecified atom stereocenters. The third-order valence-corrected chi connectivity index (χ3v) is 3.95. The second-order valence-corrected chi connectivity index (χ2v) is 5.27. The molecule has 3 heterocycles. The summed E-state index contributed by atoms with van der Waals surface area (Å²) < 4.78 is 8.27. The molecule has 0 saturated carbocycles. The highest BCUT2D eigenvalue weighted by molar-refractivity contribution is 5.24. The number of aromatic nitrogens is 5. The molecule has 3 rings (SSSR count). The fraction of sp³-hybridized carbons (Fsp3) is 0.500. The molecule has 4 N–H and O–H groups in total. The molecule has 118 valence electrons. The van der Waals surface area contributed by atoms with Gasteiger partial charge in [0.15, 0.2) is 6.23 Å². The van der Waals surface area contributed by atoms with Crippen LogP contribution in [-0.4, -0.2) is 53.6 Å². The van der Waals surface area contributed by atoms with Gasteiger partial charge in [0.1, 0.15) is 23.6 Å². The summed E-state index contributed by atoms with van der Waals surface area (Å²) >= 11 is 0. The average Bonchev–Trinajstić information content (AvgIpc) is 3.10. The van der Waals surface area contributed by atoms with Gasteiger partial charge in [-0.25, -0.2) is 9.48 Å². The van der Waals surface area contributed by atoms with Crippen molar-refractivity contribution in [3.05, 3.63) is 35.1 Å². The minimum absolute atomic E-state index is 0.0842. The number of rotatable bonds is 3. The first-order valence-electron chi connectivity index (χ1n) is 6.64. The van der Waals surface area contributed by atoms with E-state index in [4.69, 9.17) is 10.5 Å². The second kappa shape index (κ2) is 5.16. The summed E-state index contributed by atoms with van der Waals surface area (Å²) in [4.78, 5) is 15.7.